The SMILES string of the molecule is CCCCCCCCCCCCCCCCCCCCCC(=O)OC[C@@H](COC(=O)CCCCCCCCCCCCCCCCC)OC(=O)CCCCCCCCCCCCCCC. The first-order valence-corrected chi connectivity index (χ1v) is 29.5. The van der Waals surface area contributed by atoms with Gasteiger partial charge in [-0.25, -0.2) is 0 Å². The number of hydrogen-bond acceptors (Lipinski definition) is 6. The van der Waals surface area contributed by atoms with Crippen LogP contribution < -0.4 is 0 Å². The molecule has 0 rings (SSSR count). The molecule has 0 N–H and O–H groups in total. The quantitative estimate of drug-likeness (QED) is 0.0344. The van der Waals surface area contributed by atoms with E-state index in [-0.39, 0.29) is 31.1 Å². The van der Waals surface area contributed by atoms with Crippen molar-refractivity contribution in [1.29, 1.82) is 0 Å². The number of ether oxygens (including phenoxy) is 3. The zero-order chi connectivity index (χ0) is 47.2. The van der Waals surface area contributed by atoms with E-state index >= 15 is 0 Å². The summed E-state index contributed by atoms with van der Waals surface area (Å²) in [7, 11) is 0. The average Bonchev–Trinajstić information content (AvgIpc) is 3.30. The number of esters is 3. The molecule has 0 amide bonds. The zero-order valence-electron chi connectivity index (χ0n) is 44.3. The largest absolute Gasteiger partial charge is 0.462 e. The first-order chi connectivity index (χ1) is 32.0. The Bertz CT molecular complexity index is 967. The van der Waals surface area contributed by atoms with E-state index in [1.54, 1.807) is 0 Å². The van der Waals surface area contributed by atoms with Crippen LogP contribution in [0.2, 0.25) is 0 Å². The Hall–Kier alpha value is -1.59. The van der Waals surface area contributed by atoms with E-state index in [0.717, 1.165) is 57.8 Å². The lowest BCUT2D eigenvalue weighted by molar-refractivity contribution is -0.167. The smallest absolute Gasteiger partial charge is 0.306 e. The molecule has 6 heteroatoms. The Kier molecular flexibility index (Phi) is 53.7. The van der Waals surface area contributed by atoms with Crippen molar-refractivity contribution in [3.05, 3.63) is 0 Å². The predicted molar refractivity (Wildman–Crippen MR) is 280 cm³/mol. The summed E-state index contributed by atoms with van der Waals surface area (Å²) in [5.41, 5.74) is 0. The van der Waals surface area contributed by atoms with Crippen LogP contribution in [0.4, 0.5) is 0 Å². The van der Waals surface area contributed by atoms with E-state index in [0.29, 0.717) is 19.3 Å². The minimum atomic E-state index is -0.761. The van der Waals surface area contributed by atoms with Gasteiger partial charge in [-0.3, -0.25) is 14.4 Å². The third-order valence-electron chi connectivity index (χ3n) is 13.6. The summed E-state index contributed by atoms with van der Waals surface area (Å²) in [6.07, 6.45) is 60.9. The standard InChI is InChI=1S/C59H114O6/c1-4-7-10-13-16-19-22-25-27-28-29-30-32-35-37-40-43-46-49-52-58(61)64-55-56(65-59(62)53-50-47-44-41-38-33-24-21-18-15-12-9-6-3)54-63-57(60)51-48-45-42-39-36-34-31-26-23-20-17-14-11-8-5-2/h56H,4-55H2,1-3H3/t56-/m1/s1. The van der Waals surface area contributed by atoms with Crippen molar-refractivity contribution in [2.24, 2.45) is 0 Å². The Morgan fingerprint density at radius 3 is 0.615 bits per heavy atom. The van der Waals surface area contributed by atoms with Gasteiger partial charge in [-0.1, -0.05) is 303 Å². The van der Waals surface area contributed by atoms with Crippen molar-refractivity contribution in [3.8, 4) is 0 Å². The van der Waals surface area contributed by atoms with E-state index in [1.807, 2.05) is 0 Å². The molecule has 0 saturated heterocycles. The molecule has 0 aliphatic heterocycles. The molecule has 0 aromatic heterocycles. The molecule has 6 nitrogen and oxygen atoms in total. The van der Waals surface area contributed by atoms with Gasteiger partial charge in [-0.15, -0.1) is 0 Å². The van der Waals surface area contributed by atoms with Crippen molar-refractivity contribution in [2.45, 2.75) is 348 Å². The zero-order valence-corrected chi connectivity index (χ0v) is 44.3. The van der Waals surface area contributed by atoms with Crippen molar-refractivity contribution in [1.82, 2.24) is 0 Å². The van der Waals surface area contributed by atoms with Crippen molar-refractivity contribution in [2.75, 3.05) is 13.2 Å². The predicted octanol–water partition coefficient (Wildman–Crippen LogP) is 19.5. The van der Waals surface area contributed by atoms with Crippen LogP contribution >= 0.6 is 0 Å². The minimum absolute atomic E-state index is 0.0610. The Balaban J connectivity index is 4.25. The monoisotopic (exact) mass is 919 g/mol. The molecule has 0 spiro atoms. The molecule has 0 aromatic carbocycles. The third kappa shape index (κ3) is 53.2. The molecule has 0 bridgehead atoms. The van der Waals surface area contributed by atoms with Crippen LogP contribution in [0.15, 0.2) is 0 Å². The highest BCUT2D eigenvalue weighted by Crippen LogP contribution is 2.18. The van der Waals surface area contributed by atoms with E-state index in [9.17, 15) is 14.4 Å². The van der Waals surface area contributed by atoms with Gasteiger partial charge in [-0.05, 0) is 19.3 Å². The van der Waals surface area contributed by atoms with Crippen LogP contribution in [-0.4, -0.2) is 37.2 Å². The summed E-state index contributed by atoms with van der Waals surface area (Å²) < 4.78 is 16.9. The van der Waals surface area contributed by atoms with E-state index in [1.165, 1.54) is 244 Å². The maximum absolute atomic E-state index is 12.8. The number of carbonyl (C=O) groups is 3. The van der Waals surface area contributed by atoms with Crippen LogP contribution in [0.3, 0.4) is 0 Å². The van der Waals surface area contributed by atoms with Crippen molar-refractivity contribution in [3.63, 3.8) is 0 Å². The van der Waals surface area contributed by atoms with Gasteiger partial charge < -0.3 is 14.2 Å². The molecule has 0 fully saturated rings. The number of carbonyl (C=O) groups excluding carboxylic acids is 3. The number of unbranched alkanes of at least 4 members (excludes halogenated alkanes) is 44. The van der Waals surface area contributed by atoms with E-state index < -0.39 is 6.10 Å². The molecule has 0 unspecified atom stereocenters. The molecule has 0 radical (unpaired) electrons. The van der Waals surface area contributed by atoms with Crippen LogP contribution in [0, 0.1) is 0 Å². The fraction of sp³-hybridized carbons (Fsp3) is 0.949. The number of rotatable bonds is 55. The third-order valence-corrected chi connectivity index (χ3v) is 13.6. The van der Waals surface area contributed by atoms with Crippen LogP contribution in [0.5, 0.6) is 0 Å². The Labute approximate surface area is 406 Å². The average molecular weight is 920 g/mol. The molecule has 65 heavy (non-hydrogen) atoms. The maximum Gasteiger partial charge on any atom is 0.306 e. The molecule has 1 atom stereocenters. The molecule has 0 aromatic rings. The van der Waals surface area contributed by atoms with Crippen molar-refractivity contribution < 1.29 is 28.6 Å². The fourth-order valence-corrected chi connectivity index (χ4v) is 9.15. The summed E-state index contributed by atoms with van der Waals surface area (Å²) in [5, 5.41) is 0. The second-order valence-corrected chi connectivity index (χ2v) is 20.3. The minimum Gasteiger partial charge on any atom is -0.462 e. The summed E-state index contributed by atoms with van der Waals surface area (Å²) >= 11 is 0. The molecule has 0 saturated carbocycles. The van der Waals surface area contributed by atoms with Gasteiger partial charge in [0.2, 0.25) is 0 Å². The van der Waals surface area contributed by atoms with Crippen molar-refractivity contribution >= 4 is 17.9 Å². The Morgan fingerprint density at radius 1 is 0.246 bits per heavy atom. The highest BCUT2D eigenvalue weighted by Gasteiger charge is 2.19. The summed E-state index contributed by atoms with van der Waals surface area (Å²) in [6.45, 7) is 6.71. The molecular weight excluding hydrogens is 805 g/mol. The molecule has 0 aliphatic carbocycles. The summed E-state index contributed by atoms with van der Waals surface area (Å²) in [6, 6.07) is 0. The van der Waals surface area contributed by atoms with Gasteiger partial charge in [0, 0.05) is 19.3 Å². The lowest BCUT2D eigenvalue weighted by atomic mass is 10.0. The normalized spacial score (nSPS) is 11.9. The van der Waals surface area contributed by atoms with E-state index in [2.05, 4.69) is 20.8 Å². The molecule has 0 heterocycles. The summed E-state index contributed by atoms with van der Waals surface area (Å²) in [4.78, 5) is 38.1. The van der Waals surface area contributed by atoms with Crippen LogP contribution in [0.25, 0.3) is 0 Å². The molecular formula is C59H114O6. The van der Waals surface area contributed by atoms with Gasteiger partial charge in [0.1, 0.15) is 13.2 Å². The van der Waals surface area contributed by atoms with Gasteiger partial charge >= 0.3 is 17.9 Å². The van der Waals surface area contributed by atoms with Crippen LogP contribution in [-0.2, 0) is 28.6 Å². The first-order valence-electron chi connectivity index (χ1n) is 29.5. The lowest BCUT2D eigenvalue weighted by Crippen LogP contribution is -2.30. The summed E-state index contributed by atoms with van der Waals surface area (Å²) in [5.74, 6) is -0.831. The lowest BCUT2D eigenvalue weighted by Gasteiger charge is -2.18. The Morgan fingerprint density at radius 2 is 0.415 bits per heavy atom. The highest BCUT2D eigenvalue weighted by atomic mass is 16.6. The number of hydrogen-bond donors (Lipinski definition) is 0. The second kappa shape index (κ2) is 55.0. The van der Waals surface area contributed by atoms with Gasteiger partial charge in [0.05, 0.1) is 0 Å². The maximum atomic E-state index is 12.8. The molecule has 0 aliphatic rings. The van der Waals surface area contributed by atoms with Gasteiger partial charge in [0.15, 0.2) is 6.10 Å². The highest BCUT2D eigenvalue weighted by molar-refractivity contribution is 5.71. The van der Waals surface area contributed by atoms with Gasteiger partial charge in [-0.2, -0.15) is 0 Å². The second-order valence-electron chi connectivity index (χ2n) is 20.3. The topological polar surface area (TPSA) is 78.9 Å². The van der Waals surface area contributed by atoms with Gasteiger partial charge in [0.25, 0.3) is 0 Å². The fourth-order valence-electron chi connectivity index (χ4n) is 9.15. The van der Waals surface area contributed by atoms with E-state index in [4.69, 9.17) is 14.2 Å². The van der Waals surface area contributed by atoms with Crippen LogP contribution in [0.1, 0.15) is 342 Å². The molecule has 386 valence electrons. The first kappa shape index (κ1) is 63.4.